The van der Waals surface area contributed by atoms with E-state index in [9.17, 15) is 4.79 Å². The van der Waals surface area contributed by atoms with Crippen molar-refractivity contribution in [2.75, 3.05) is 6.54 Å². The Hall–Kier alpha value is -0.770. The zero-order valence-electron chi connectivity index (χ0n) is 11.1. The number of hydrogen-bond donors (Lipinski definition) is 2. The van der Waals surface area contributed by atoms with Gasteiger partial charge in [0, 0.05) is 22.6 Å². The summed E-state index contributed by atoms with van der Waals surface area (Å²) in [6.45, 7) is 4.21. The van der Waals surface area contributed by atoms with Crippen LogP contribution in [0.3, 0.4) is 0 Å². The average Bonchev–Trinajstić information content (AvgIpc) is 2.69. The van der Waals surface area contributed by atoms with E-state index in [1.165, 1.54) is 0 Å². The van der Waals surface area contributed by atoms with Gasteiger partial charge >= 0.3 is 0 Å². The summed E-state index contributed by atoms with van der Waals surface area (Å²) in [7, 11) is 0. The molecule has 1 aliphatic rings. The van der Waals surface area contributed by atoms with Crippen LogP contribution >= 0.6 is 23.2 Å². The van der Waals surface area contributed by atoms with E-state index in [0.29, 0.717) is 11.6 Å². The Bertz CT molecular complexity index is 514. The fourth-order valence-corrected chi connectivity index (χ4v) is 2.92. The highest BCUT2D eigenvalue weighted by Crippen LogP contribution is 2.38. The zero-order chi connectivity index (χ0) is 14.2. The minimum atomic E-state index is -0.564. The van der Waals surface area contributed by atoms with Crippen LogP contribution in [0.4, 0.5) is 0 Å². The molecule has 1 aromatic rings. The van der Waals surface area contributed by atoms with Crippen molar-refractivity contribution in [3.8, 4) is 0 Å². The summed E-state index contributed by atoms with van der Waals surface area (Å²) in [6.07, 6.45) is 1.89. The largest absolute Gasteiger partial charge is 0.369 e. The first-order chi connectivity index (χ1) is 8.81. The fraction of sp³-hybridized carbons (Fsp3) is 0.500. The SMILES string of the molecule is CC(C)(CN[C@H]1CCc2c(Cl)cc(Cl)cc21)C(N)=O. The lowest BCUT2D eigenvalue weighted by atomic mass is 9.92. The van der Waals surface area contributed by atoms with E-state index in [1.54, 1.807) is 6.07 Å². The molecular weight excluding hydrogens is 283 g/mol. The minimum absolute atomic E-state index is 0.185. The van der Waals surface area contributed by atoms with Crippen molar-refractivity contribution in [2.24, 2.45) is 11.1 Å². The molecule has 1 aliphatic carbocycles. The van der Waals surface area contributed by atoms with Gasteiger partial charge in [0.05, 0.1) is 5.41 Å². The predicted octanol–water partition coefficient (Wildman–Crippen LogP) is 3.08. The third kappa shape index (κ3) is 3.04. The molecule has 0 heterocycles. The molecule has 3 N–H and O–H groups in total. The summed E-state index contributed by atoms with van der Waals surface area (Å²) in [5.74, 6) is -0.303. The molecule has 1 aromatic carbocycles. The van der Waals surface area contributed by atoms with Crippen LogP contribution in [0.15, 0.2) is 12.1 Å². The molecule has 1 atom stereocenters. The van der Waals surface area contributed by atoms with E-state index < -0.39 is 5.41 Å². The number of rotatable bonds is 4. The van der Waals surface area contributed by atoms with Gasteiger partial charge in [-0.3, -0.25) is 4.79 Å². The molecule has 5 heteroatoms. The van der Waals surface area contributed by atoms with Gasteiger partial charge < -0.3 is 11.1 Å². The molecule has 104 valence electrons. The molecule has 19 heavy (non-hydrogen) atoms. The molecule has 0 saturated heterocycles. The van der Waals surface area contributed by atoms with Crippen molar-refractivity contribution >= 4 is 29.1 Å². The second kappa shape index (κ2) is 5.31. The molecule has 0 radical (unpaired) electrons. The van der Waals surface area contributed by atoms with E-state index >= 15 is 0 Å². The van der Waals surface area contributed by atoms with Crippen LogP contribution < -0.4 is 11.1 Å². The van der Waals surface area contributed by atoms with Crippen LogP contribution in [0, 0.1) is 5.41 Å². The topological polar surface area (TPSA) is 55.1 Å². The number of carbonyl (C=O) groups excluding carboxylic acids is 1. The number of fused-ring (bicyclic) bond motifs is 1. The summed E-state index contributed by atoms with van der Waals surface area (Å²) < 4.78 is 0. The number of nitrogens with one attached hydrogen (secondary N) is 1. The summed E-state index contributed by atoms with van der Waals surface area (Å²) >= 11 is 12.2. The van der Waals surface area contributed by atoms with Gasteiger partial charge in [-0.05, 0) is 49.9 Å². The summed E-state index contributed by atoms with van der Waals surface area (Å²) in [6, 6.07) is 3.91. The van der Waals surface area contributed by atoms with Gasteiger partial charge in [0.15, 0.2) is 0 Å². The van der Waals surface area contributed by atoms with Crippen LogP contribution in [-0.4, -0.2) is 12.5 Å². The van der Waals surface area contributed by atoms with Gasteiger partial charge in [-0.1, -0.05) is 23.2 Å². The maximum absolute atomic E-state index is 11.3. The molecular formula is C14H18Cl2N2O. The highest BCUT2D eigenvalue weighted by atomic mass is 35.5. The lowest BCUT2D eigenvalue weighted by Crippen LogP contribution is -2.41. The van der Waals surface area contributed by atoms with Gasteiger partial charge in [0.2, 0.25) is 5.91 Å². The molecule has 0 unspecified atom stereocenters. The van der Waals surface area contributed by atoms with Crippen LogP contribution in [0.25, 0.3) is 0 Å². The van der Waals surface area contributed by atoms with Gasteiger partial charge in [0.1, 0.15) is 0 Å². The summed E-state index contributed by atoms with van der Waals surface area (Å²) in [5, 5.41) is 4.76. The number of carbonyl (C=O) groups is 1. The van der Waals surface area contributed by atoms with Crippen LogP contribution in [0.5, 0.6) is 0 Å². The second-order valence-electron chi connectivity index (χ2n) is 5.68. The van der Waals surface area contributed by atoms with Crippen molar-refractivity contribution in [1.82, 2.24) is 5.32 Å². The van der Waals surface area contributed by atoms with Crippen LogP contribution in [-0.2, 0) is 11.2 Å². The van der Waals surface area contributed by atoms with Gasteiger partial charge in [-0.15, -0.1) is 0 Å². The van der Waals surface area contributed by atoms with Crippen molar-refractivity contribution < 1.29 is 4.79 Å². The minimum Gasteiger partial charge on any atom is -0.369 e. The number of hydrogen-bond acceptors (Lipinski definition) is 2. The molecule has 0 aliphatic heterocycles. The Balaban J connectivity index is 2.13. The third-order valence-corrected chi connectivity index (χ3v) is 4.27. The van der Waals surface area contributed by atoms with Crippen LogP contribution in [0.1, 0.15) is 37.4 Å². The number of halogens is 2. The molecule has 1 amide bonds. The molecule has 0 spiro atoms. The van der Waals surface area contributed by atoms with Crippen molar-refractivity contribution in [2.45, 2.75) is 32.7 Å². The van der Waals surface area contributed by atoms with Gasteiger partial charge in [0.25, 0.3) is 0 Å². The molecule has 2 rings (SSSR count). The van der Waals surface area contributed by atoms with Crippen molar-refractivity contribution in [1.29, 1.82) is 0 Å². The summed E-state index contributed by atoms with van der Waals surface area (Å²) in [4.78, 5) is 11.3. The maximum atomic E-state index is 11.3. The first-order valence-electron chi connectivity index (χ1n) is 6.32. The lowest BCUT2D eigenvalue weighted by Gasteiger charge is -2.24. The van der Waals surface area contributed by atoms with Crippen molar-refractivity contribution in [3.05, 3.63) is 33.3 Å². The smallest absolute Gasteiger partial charge is 0.224 e. The number of primary amides is 1. The Kier molecular flexibility index (Phi) is 4.09. The van der Waals surface area contributed by atoms with E-state index in [1.807, 2.05) is 19.9 Å². The second-order valence-corrected chi connectivity index (χ2v) is 6.52. The van der Waals surface area contributed by atoms with E-state index in [4.69, 9.17) is 28.9 Å². The number of benzene rings is 1. The number of amides is 1. The Labute approximate surface area is 123 Å². The first-order valence-corrected chi connectivity index (χ1v) is 7.08. The standard InChI is InChI=1S/C14H18Cl2N2O/c1-14(2,13(17)19)7-18-12-4-3-9-10(12)5-8(15)6-11(9)16/h5-6,12,18H,3-4,7H2,1-2H3,(H2,17,19)/t12-/m0/s1. The Morgan fingerprint density at radius 3 is 2.79 bits per heavy atom. The highest BCUT2D eigenvalue weighted by Gasteiger charge is 2.29. The van der Waals surface area contributed by atoms with Gasteiger partial charge in [-0.2, -0.15) is 0 Å². The Morgan fingerprint density at radius 2 is 2.16 bits per heavy atom. The molecule has 0 bridgehead atoms. The fourth-order valence-electron chi connectivity index (χ4n) is 2.32. The van der Waals surface area contributed by atoms with E-state index in [-0.39, 0.29) is 11.9 Å². The van der Waals surface area contributed by atoms with Crippen molar-refractivity contribution in [3.63, 3.8) is 0 Å². The average molecular weight is 301 g/mol. The normalized spacial score (nSPS) is 18.4. The lowest BCUT2D eigenvalue weighted by molar-refractivity contribution is -0.125. The van der Waals surface area contributed by atoms with Crippen LogP contribution in [0.2, 0.25) is 10.0 Å². The van der Waals surface area contributed by atoms with Gasteiger partial charge in [-0.25, -0.2) is 0 Å². The zero-order valence-corrected chi connectivity index (χ0v) is 12.6. The third-order valence-electron chi connectivity index (χ3n) is 3.71. The Morgan fingerprint density at radius 1 is 1.47 bits per heavy atom. The highest BCUT2D eigenvalue weighted by molar-refractivity contribution is 6.35. The summed E-state index contributed by atoms with van der Waals surface area (Å²) in [5.41, 5.74) is 7.10. The maximum Gasteiger partial charge on any atom is 0.224 e. The molecule has 0 aromatic heterocycles. The molecule has 3 nitrogen and oxygen atoms in total. The first kappa shape index (κ1) is 14.6. The molecule has 0 saturated carbocycles. The monoisotopic (exact) mass is 300 g/mol. The quantitative estimate of drug-likeness (QED) is 0.898. The molecule has 0 fully saturated rings. The number of nitrogens with two attached hydrogens (primary N) is 1. The van der Waals surface area contributed by atoms with E-state index in [0.717, 1.165) is 29.0 Å². The predicted molar refractivity (Wildman–Crippen MR) is 78.5 cm³/mol. The van der Waals surface area contributed by atoms with E-state index in [2.05, 4.69) is 5.32 Å².